The molecular weight excluding hydrogens is 397 g/mol. The molecule has 0 aromatic heterocycles. The number of ether oxygens (including phenoxy) is 1. The summed E-state index contributed by atoms with van der Waals surface area (Å²) in [5.41, 5.74) is 3.51. The van der Waals surface area contributed by atoms with Crippen molar-refractivity contribution in [2.24, 2.45) is 0 Å². The Balaban J connectivity index is 1.34. The van der Waals surface area contributed by atoms with Gasteiger partial charge in [0.1, 0.15) is 5.82 Å². The average molecular weight is 426 g/mol. The van der Waals surface area contributed by atoms with E-state index in [4.69, 9.17) is 4.74 Å². The molecule has 0 bridgehead atoms. The lowest BCUT2D eigenvalue weighted by Crippen LogP contribution is -2.31. The molecule has 7 heteroatoms. The van der Waals surface area contributed by atoms with Crippen LogP contribution in [0.3, 0.4) is 0 Å². The molecule has 2 amide bonds. The number of rotatable bonds is 9. The first kappa shape index (κ1) is 22.3. The highest BCUT2D eigenvalue weighted by molar-refractivity contribution is 5.92. The predicted octanol–water partition coefficient (Wildman–Crippen LogP) is 4.35. The van der Waals surface area contributed by atoms with Gasteiger partial charge in [0.05, 0.1) is 12.2 Å². The van der Waals surface area contributed by atoms with Crippen LogP contribution in [0.15, 0.2) is 60.3 Å². The quantitative estimate of drug-likeness (QED) is 0.463. The molecule has 6 nitrogen and oxygen atoms in total. The van der Waals surface area contributed by atoms with E-state index in [0.29, 0.717) is 24.4 Å². The highest BCUT2D eigenvalue weighted by Crippen LogP contribution is 2.19. The third-order valence-corrected chi connectivity index (χ3v) is 4.99. The molecular formula is C24H28FN3O3. The van der Waals surface area contributed by atoms with Gasteiger partial charge >= 0.3 is 12.0 Å². The van der Waals surface area contributed by atoms with Crippen molar-refractivity contribution < 1.29 is 18.7 Å². The Morgan fingerprint density at radius 3 is 2.55 bits per heavy atom. The topological polar surface area (TPSA) is 70.7 Å². The van der Waals surface area contributed by atoms with Gasteiger partial charge in [-0.2, -0.15) is 0 Å². The Bertz CT molecular complexity index is 911. The van der Waals surface area contributed by atoms with Crippen LogP contribution in [0.5, 0.6) is 0 Å². The lowest BCUT2D eigenvalue weighted by molar-refractivity contribution is 0.0526. The fourth-order valence-electron chi connectivity index (χ4n) is 3.41. The van der Waals surface area contributed by atoms with E-state index in [1.54, 1.807) is 31.2 Å². The Morgan fingerprint density at radius 2 is 1.84 bits per heavy atom. The zero-order valence-corrected chi connectivity index (χ0v) is 17.7. The van der Waals surface area contributed by atoms with Gasteiger partial charge in [0.15, 0.2) is 0 Å². The zero-order chi connectivity index (χ0) is 22.1. The maximum atomic E-state index is 13.0. The van der Waals surface area contributed by atoms with Gasteiger partial charge in [0.2, 0.25) is 0 Å². The van der Waals surface area contributed by atoms with Gasteiger partial charge in [-0.1, -0.05) is 12.1 Å². The van der Waals surface area contributed by atoms with Gasteiger partial charge in [-0.15, -0.1) is 0 Å². The van der Waals surface area contributed by atoms with Crippen LogP contribution in [0.2, 0.25) is 0 Å². The minimum atomic E-state index is -0.379. The largest absolute Gasteiger partial charge is 0.462 e. The van der Waals surface area contributed by atoms with Crippen molar-refractivity contribution in [2.45, 2.75) is 26.2 Å². The van der Waals surface area contributed by atoms with E-state index in [9.17, 15) is 14.0 Å². The van der Waals surface area contributed by atoms with Crippen LogP contribution >= 0.6 is 0 Å². The summed E-state index contributed by atoms with van der Waals surface area (Å²) in [6, 6.07) is 12.9. The van der Waals surface area contributed by atoms with Crippen LogP contribution in [0.25, 0.3) is 0 Å². The number of nitrogens with zero attached hydrogens (tertiary/aromatic N) is 1. The Labute approximate surface area is 182 Å². The molecule has 2 aromatic rings. The predicted molar refractivity (Wildman–Crippen MR) is 118 cm³/mol. The van der Waals surface area contributed by atoms with Crippen LogP contribution in [-0.4, -0.2) is 43.1 Å². The number of carbonyl (C=O) groups excluding carboxylic acids is 2. The van der Waals surface area contributed by atoms with Crippen LogP contribution in [0, 0.1) is 5.82 Å². The molecule has 31 heavy (non-hydrogen) atoms. The zero-order valence-electron chi connectivity index (χ0n) is 17.7. The van der Waals surface area contributed by atoms with Crippen LogP contribution in [0.4, 0.5) is 14.9 Å². The van der Waals surface area contributed by atoms with Crippen molar-refractivity contribution in [1.82, 2.24) is 10.2 Å². The number of hydrogen-bond donors (Lipinski definition) is 2. The van der Waals surface area contributed by atoms with Crippen molar-refractivity contribution in [3.8, 4) is 0 Å². The summed E-state index contributed by atoms with van der Waals surface area (Å²) < 4.78 is 17.9. The van der Waals surface area contributed by atoms with Gasteiger partial charge in [-0.05, 0) is 79.9 Å². The molecule has 0 saturated heterocycles. The van der Waals surface area contributed by atoms with Gasteiger partial charge < -0.3 is 20.3 Å². The molecule has 3 rings (SSSR count). The number of nitrogens with one attached hydrogen (secondary N) is 2. The summed E-state index contributed by atoms with van der Waals surface area (Å²) in [6.45, 7) is 4.47. The summed E-state index contributed by atoms with van der Waals surface area (Å²) in [5.74, 6) is -0.591. The van der Waals surface area contributed by atoms with E-state index < -0.39 is 0 Å². The molecule has 0 atom stereocenters. The summed E-state index contributed by atoms with van der Waals surface area (Å²) in [7, 11) is 0. The first-order valence-electron chi connectivity index (χ1n) is 10.5. The Morgan fingerprint density at radius 1 is 1.10 bits per heavy atom. The molecule has 1 aliphatic rings. The van der Waals surface area contributed by atoms with Gasteiger partial charge in [0.25, 0.3) is 0 Å². The van der Waals surface area contributed by atoms with E-state index in [0.717, 1.165) is 37.9 Å². The maximum absolute atomic E-state index is 13.0. The number of urea groups is 1. The molecule has 0 fully saturated rings. The summed E-state index contributed by atoms with van der Waals surface area (Å²) in [6.07, 6.45) is 4.85. The highest BCUT2D eigenvalue weighted by Gasteiger charge is 2.13. The normalized spacial score (nSPS) is 13.0. The molecule has 0 radical (unpaired) electrons. The van der Waals surface area contributed by atoms with Gasteiger partial charge in [-0.25, -0.2) is 14.0 Å². The van der Waals surface area contributed by atoms with Crippen molar-refractivity contribution in [1.29, 1.82) is 0 Å². The van der Waals surface area contributed by atoms with Crippen LogP contribution in [-0.2, 0) is 11.2 Å². The van der Waals surface area contributed by atoms with Crippen molar-refractivity contribution >= 4 is 17.7 Å². The van der Waals surface area contributed by atoms with Crippen LogP contribution in [0.1, 0.15) is 35.7 Å². The molecule has 0 aliphatic carbocycles. The van der Waals surface area contributed by atoms with E-state index >= 15 is 0 Å². The number of benzene rings is 2. The smallest absolute Gasteiger partial charge is 0.338 e. The van der Waals surface area contributed by atoms with E-state index in [2.05, 4.69) is 21.7 Å². The lowest BCUT2D eigenvalue weighted by Gasteiger charge is -2.15. The second-order valence-electron chi connectivity index (χ2n) is 7.41. The van der Waals surface area contributed by atoms with Gasteiger partial charge in [-0.3, -0.25) is 0 Å². The lowest BCUT2D eigenvalue weighted by atomic mass is 10.1. The van der Waals surface area contributed by atoms with Crippen molar-refractivity contribution in [3.05, 3.63) is 77.2 Å². The number of anilines is 1. The molecule has 1 aliphatic heterocycles. The van der Waals surface area contributed by atoms with E-state index in [1.165, 1.54) is 17.7 Å². The number of carbonyl (C=O) groups is 2. The standard InChI is InChI=1S/C24H28FN3O3/c1-2-31-23(29)20-6-10-22(11-7-20)27-24(30)26-13-3-14-28-15-12-19(17-28)16-18-4-8-21(25)9-5-18/h4-11,17H,2-3,12-16H2,1H3,(H2,26,27,30). The Kier molecular flexibility index (Phi) is 8.04. The Hall–Kier alpha value is -3.35. The summed E-state index contributed by atoms with van der Waals surface area (Å²) in [4.78, 5) is 25.9. The SMILES string of the molecule is CCOC(=O)c1ccc(NC(=O)NCCCN2C=C(Cc3ccc(F)cc3)CC2)cc1. The molecule has 2 N–H and O–H groups in total. The van der Waals surface area contributed by atoms with E-state index in [1.807, 2.05) is 12.1 Å². The fourth-order valence-corrected chi connectivity index (χ4v) is 3.41. The van der Waals surface area contributed by atoms with Crippen molar-refractivity contribution in [2.75, 3.05) is 31.6 Å². The summed E-state index contributed by atoms with van der Waals surface area (Å²) >= 11 is 0. The number of esters is 1. The molecule has 164 valence electrons. The molecule has 2 aromatic carbocycles. The second-order valence-corrected chi connectivity index (χ2v) is 7.41. The number of amides is 2. The minimum Gasteiger partial charge on any atom is -0.462 e. The van der Waals surface area contributed by atoms with Crippen LogP contribution < -0.4 is 10.6 Å². The minimum absolute atomic E-state index is 0.212. The van der Waals surface area contributed by atoms with Crippen molar-refractivity contribution in [3.63, 3.8) is 0 Å². The molecule has 1 heterocycles. The molecule has 0 spiro atoms. The highest BCUT2D eigenvalue weighted by atomic mass is 19.1. The molecule has 0 saturated carbocycles. The first-order chi connectivity index (χ1) is 15.0. The third kappa shape index (κ3) is 7.13. The second kappa shape index (κ2) is 11.2. The van der Waals surface area contributed by atoms with E-state index in [-0.39, 0.29) is 17.8 Å². The monoisotopic (exact) mass is 425 g/mol. The first-order valence-corrected chi connectivity index (χ1v) is 10.5. The summed E-state index contributed by atoms with van der Waals surface area (Å²) in [5, 5.41) is 5.60. The number of hydrogen-bond acceptors (Lipinski definition) is 4. The van der Waals surface area contributed by atoms with Gasteiger partial charge in [0, 0.05) is 25.3 Å². The maximum Gasteiger partial charge on any atom is 0.338 e. The number of halogens is 1. The third-order valence-electron chi connectivity index (χ3n) is 4.99. The molecule has 0 unspecified atom stereocenters. The average Bonchev–Trinajstić information content (AvgIpc) is 3.21. The fraction of sp³-hybridized carbons (Fsp3) is 0.333.